The number of carbonyl (C=O) groups is 1. The van der Waals surface area contributed by atoms with Crippen molar-refractivity contribution in [2.75, 3.05) is 26.2 Å². The van der Waals surface area contributed by atoms with Crippen LogP contribution in [0.5, 0.6) is 0 Å². The molecule has 1 aliphatic heterocycles. The van der Waals surface area contributed by atoms with Crippen LogP contribution >= 0.6 is 0 Å². The van der Waals surface area contributed by atoms with Gasteiger partial charge in [0.15, 0.2) is 0 Å². The Bertz CT molecular complexity index is 284. The average molecular weight is 282 g/mol. The number of hydrogen-bond donors (Lipinski definition) is 1. The number of nitrogens with one attached hydrogen (secondary N) is 1. The van der Waals surface area contributed by atoms with Gasteiger partial charge in [-0.05, 0) is 45.7 Å². The van der Waals surface area contributed by atoms with Gasteiger partial charge in [-0.1, -0.05) is 19.3 Å². The van der Waals surface area contributed by atoms with Gasteiger partial charge in [-0.2, -0.15) is 0 Å². The molecule has 0 unspecified atom stereocenters. The van der Waals surface area contributed by atoms with Crippen molar-refractivity contribution in [3.05, 3.63) is 0 Å². The molecule has 4 heteroatoms. The van der Waals surface area contributed by atoms with Crippen LogP contribution in [0.15, 0.2) is 0 Å². The maximum Gasteiger partial charge on any atom is 0.225 e. The predicted molar refractivity (Wildman–Crippen MR) is 80.7 cm³/mol. The van der Waals surface area contributed by atoms with E-state index in [-0.39, 0.29) is 5.91 Å². The quantitative estimate of drug-likeness (QED) is 0.813. The largest absolute Gasteiger partial charge is 0.378 e. The number of piperidine rings is 1. The summed E-state index contributed by atoms with van der Waals surface area (Å²) in [5, 5.41) is 3.33. The van der Waals surface area contributed by atoms with E-state index in [1.807, 2.05) is 0 Å². The minimum Gasteiger partial charge on any atom is -0.378 e. The van der Waals surface area contributed by atoms with Crippen LogP contribution in [0.3, 0.4) is 0 Å². The summed E-state index contributed by atoms with van der Waals surface area (Å²) in [6, 6.07) is 0.486. The van der Waals surface area contributed by atoms with Gasteiger partial charge in [0.25, 0.3) is 0 Å². The highest BCUT2D eigenvalue weighted by molar-refractivity contribution is 5.76. The van der Waals surface area contributed by atoms with Crippen LogP contribution < -0.4 is 5.32 Å². The molecular weight excluding hydrogens is 252 g/mol. The molecule has 0 bridgehead atoms. The lowest BCUT2D eigenvalue weighted by Crippen LogP contribution is -2.42. The van der Waals surface area contributed by atoms with Gasteiger partial charge >= 0.3 is 0 Å². The summed E-state index contributed by atoms with van der Waals surface area (Å²) < 4.78 is 5.85. The van der Waals surface area contributed by atoms with Crippen LogP contribution in [0.2, 0.25) is 0 Å². The van der Waals surface area contributed by atoms with Crippen LogP contribution in [0.4, 0.5) is 0 Å². The first-order valence-electron chi connectivity index (χ1n) is 8.43. The maximum absolute atomic E-state index is 12.3. The Hall–Kier alpha value is -0.610. The lowest BCUT2D eigenvalue weighted by atomic mass is 9.94. The molecule has 0 atom stereocenters. The van der Waals surface area contributed by atoms with Crippen molar-refractivity contribution >= 4 is 5.91 Å². The van der Waals surface area contributed by atoms with Crippen molar-refractivity contribution in [1.82, 2.24) is 10.2 Å². The zero-order valence-electron chi connectivity index (χ0n) is 12.9. The van der Waals surface area contributed by atoms with Crippen molar-refractivity contribution in [2.45, 2.75) is 70.4 Å². The second kappa shape index (κ2) is 8.63. The average Bonchev–Trinajstić information content (AvgIpc) is 2.50. The molecule has 1 heterocycles. The predicted octanol–water partition coefficient (Wildman–Crippen LogP) is 2.33. The van der Waals surface area contributed by atoms with Crippen LogP contribution in [0.25, 0.3) is 0 Å². The number of rotatable bonds is 6. The second-order valence-corrected chi connectivity index (χ2v) is 6.04. The van der Waals surface area contributed by atoms with E-state index in [0.717, 1.165) is 32.5 Å². The lowest BCUT2D eigenvalue weighted by Gasteiger charge is -2.34. The molecule has 1 N–H and O–H groups in total. The third-order valence-corrected chi connectivity index (χ3v) is 4.63. The van der Waals surface area contributed by atoms with Crippen molar-refractivity contribution in [3.8, 4) is 0 Å². The molecule has 2 fully saturated rings. The third kappa shape index (κ3) is 4.74. The zero-order valence-corrected chi connectivity index (χ0v) is 12.9. The fourth-order valence-corrected chi connectivity index (χ4v) is 3.45. The van der Waals surface area contributed by atoms with E-state index in [2.05, 4.69) is 17.1 Å². The summed E-state index contributed by atoms with van der Waals surface area (Å²) in [5.41, 5.74) is 0. The molecule has 0 radical (unpaired) electrons. The first-order chi connectivity index (χ1) is 9.81. The molecule has 4 nitrogen and oxygen atoms in total. The molecule has 0 spiro atoms. The number of ether oxygens (including phenoxy) is 1. The van der Waals surface area contributed by atoms with E-state index in [0.29, 0.717) is 25.2 Å². The van der Waals surface area contributed by atoms with Gasteiger partial charge in [0.1, 0.15) is 0 Å². The maximum atomic E-state index is 12.3. The number of carbonyl (C=O) groups excluding carboxylic acids is 1. The van der Waals surface area contributed by atoms with E-state index >= 15 is 0 Å². The highest BCUT2D eigenvalue weighted by Gasteiger charge is 2.24. The Labute approximate surface area is 123 Å². The summed E-state index contributed by atoms with van der Waals surface area (Å²) in [5.74, 6) is 0.285. The van der Waals surface area contributed by atoms with Crippen molar-refractivity contribution in [1.29, 1.82) is 0 Å². The summed E-state index contributed by atoms with van der Waals surface area (Å²) in [7, 11) is 0. The Kier molecular flexibility index (Phi) is 6.80. The van der Waals surface area contributed by atoms with Gasteiger partial charge in [-0.3, -0.25) is 4.79 Å². The minimum atomic E-state index is 0.285. The van der Waals surface area contributed by atoms with E-state index in [1.54, 1.807) is 0 Å². The summed E-state index contributed by atoms with van der Waals surface area (Å²) in [6.07, 6.45) is 9.33. The first kappa shape index (κ1) is 15.8. The molecule has 116 valence electrons. The van der Waals surface area contributed by atoms with Crippen LogP contribution in [0, 0.1) is 0 Å². The van der Waals surface area contributed by atoms with Gasteiger partial charge in [-0.25, -0.2) is 0 Å². The smallest absolute Gasteiger partial charge is 0.225 e. The highest BCUT2D eigenvalue weighted by Crippen LogP contribution is 2.23. The van der Waals surface area contributed by atoms with Crippen molar-refractivity contribution in [3.63, 3.8) is 0 Å². The summed E-state index contributed by atoms with van der Waals surface area (Å²) >= 11 is 0. The van der Waals surface area contributed by atoms with E-state index in [9.17, 15) is 4.79 Å². The molecule has 1 saturated heterocycles. The fourth-order valence-electron chi connectivity index (χ4n) is 3.45. The standard InChI is InChI=1S/C16H30N2O2/c1-2-18(14-6-4-3-5-7-14)16(19)10-13-20-15-8-11-17-12-9-15/h14-15,17H,2-13H2,1H3. The molecule has 0 aromatic rings. The molecule has 1 amide bonds. The molecule has 1 aliphatic carbocycles. The van der Waals surface area contributed by atoms with Crippen molar-refractivity contribution < 1.29 is 9.53 Å². The Morgan fingerprint density at radius 1 is 1.15 bits per heavy atom. The first-order valence-corrected chi connectivity index (χ1v) is 8.43. The Morgan fingerprint density at radius 2 is 1.85 bits per heavy atom. The van der Waals surface area contributed by atoms with Gasteiger partial charge in [-0.15, -0.1) is 0 Å². The zero-order chi connectivity index (χ0) is 14.2. The van der Waals surface area contributed by atoms with Crippen LogP contribution in [0.1, 0.15) is 58.3 Å². The van der Waals surface area contributed by atoms with Gasteiger partial charge in [0, 0.05) is 12.6 Å². The monoisotopic (exact) mass is 282 g/mol. The molecule has 2 rings (SSSR count). The van der Waals surface area contributed by atoms with Crippen molar-refractivity contribution in [2.24, 2.45) is 0 Å². The number of hydrogen-bond acceptors (Lipinski definition) is 3. The normalized spacial score (nSPS) is 21.9. The van der Waals surface area contributed by atoms with Crippen LogP contribution in [-0.2, 0) is 9.53 Å². The Balaban J connectivity index is 1.68. The molecule has 0 aromatic carbocycles. The molecule has 1 saturated carbocycles. The highest BCUT2D eigenvalue weighted by atomic mass is 16.5. The van der Waals surface area contributed by atoms with Gasteiger partial charge in [0.05, 0.1) is 19.1 Å². The van der Waals surface area contributed by atoms with Crippen LogP contribution in [-0.4, -0.2) is 49.2 Å². The SMILES string of the molecule is CCN(C(=O)CCOC1CCNCC1)C1CCCCC1. The Morgan fingerprint density at radius 3 is 2.50 bits per heavy atom. The van der Waals surface area contributed by atoms with E-state index in [1.165, 1.54) is 32.1 Å². The van der Waals surface area contributed by atoms with E-state index < -0.39 is 0 Å². The minimum absolute atomic E-state index is 0.285. The van der Waals surface area contributed by atoms with Gasteiger partial charge in [0.2, 0.25) is 5.91 Å². The van der Waals surface area contributed by atoms with E-state index in [4.69, 9.17) is 4.74 Å². The second-order valence-electron chi connectivity index (χ2n) is 6.04. The molecular formula is C16H30N2O2. The topological polar surface area (TPSA) is 41.6 Å². The summed E-state index contributed by atoms with van der Waals surface area (Å²) in [6.45, 7) is 5.62. The molecule has 0 aromatic heterocycles. The molecule has 20 heavy (non-hydrogen) atoms. The lowest BCUT2D eigenvalue weighted by molar-refractivity contribution is -0.135. The third-order valence-electron chi connectivity index (χ3n) is 4.63. The summed E-state index contributed by atoms with van der Waals surface area (Å²) in [4.78, 5) is 14.4. The number of amides is 1. The fraction of sp³-hybridized carbons (Fsp3) is 0.938. The van der Waals surface area contributed by atoms with Gasteiger partial charge < -0.3 is 15.0 Å². The number of nitrogens with zero attached hydrogens (tertiary/aromatic N) is 1. The molecule has 2 aliphatic rings.